The second-order valence-electron chi connectivity index (χ2n) is 9.14. The molecule has 2 saturated heterocycles. The van der Waals surface area contributed by atoms with Crippen LogP contribution >= 0.6 is 23.2 Å². The van der Waals surface area contributed by atoms with Gasteiger partial charge in [0.1, 0.15) is 54.6 Å². The Morgan fingerprint density at radius 1 is 0.844 bits per heavy atom. The first kappa shape index (κ1) is 41.4. The zero-order valence-corrected chi connectivity index (χ0v) is 26.0. The van der Waals surface area contributed by atoms with Gasteiger partial charge in [-0.15, -0.1) is 0 Å². The summed E-state index contributed by atoms with van der Waals surface area (Å²) in [4.78, 5) is 59.5. The van der Waals surface area contributed by atoms with E-state index in [1.54, 1.807) is 0 Å². The van der Waals surface area contributed by atoms with Crippen molar-refractivity contribution in [2.75, 3.05) is 25.6 Å². The number of hydrogen-bond acceptors (Lipinski definition) is 19. The van der Waals surface area contributed by atoms with Crippen molar-refractivity contribution in [3.8, 4) is 0 Å². The zero-order chi connectivity index (χ0) is 31.2. The summed E-state index contributed by atoms with van der Waals surface area (Å²) >= 11 is 0. The lowest BCUT2D eigenvalue weighted by Gasteiger charge is -2.44. The van der Waals surface area contributed by atoms with Crippen LogP contribution in [-0.2, 0) is 41.5 Å². The predicted octanol–water partition coefficient (Wildman–Crippen LogP) is -2.60. The maximum atomic E-state index is 12.0. The molecular weight excluding hydrogens is 681 g/mol. The van der Waals surface area contributed by atoms with Crippen molar-refractivity contribution in [3.63, 3.8) is 0 Å². The van der Waals surface area contributed by atoms with Crippen LogP contribution in [0.4, 0.5) is 5.82 Å². The number of ether oxygens (including phenoxy) is 3. The summed E-state index contributed by atoms with van der Waals surface area (Å²) in [5.41, 5.74) is 5.91. The lowest BCUT2D eigenvalue weighted by atomic mass is 9.99. The second-order valence-corrected chi connectivity index (χ2v) is 13.3. The number of nitrogen functional groups attached to an aromatic ring is 1. The molecule has 45 heavy (non-hydrogen) atoms. The topological polar surface area (TPSA) is 443 Å². The van der Waals surface area contributed by atoms with Gasteiger partial charge in [0.25, 0.3) is 0 Å². The van der Waals surface area contributed by atoms with Gasteiger partial charge in [0.05, 0.1) is 19.5 Å². The summed E-state index contributed by atoms with van der Waals surface area (Å²) in [5.74, 6) is -0.0419. The minimum absolute atomic E-state index is 0. The van der Waals surface area contributed by atoms with E-state index in [9.17, 15) is 53.5 Å². The molecule has 2 aromatic heterocycles. The van der Waals surface area contributed by atoms with Crippen LogP contribution < -0.4 is 24.2 Å². The van der Waals surface area contributed by atoms with E-state index < -0.39 is 91.7 Å². The van der Waals surface area contributed by atoms with Crippen molar-refractivity contribution < 1.29 is 81.3 Å². The smallest absolute Gasteiger partial charge is 0.394 e. The van der Waals surface area contributed by atoms with Crippen LogP contribution in [0.15, 0.2) is 12.7 Å². The molecule has 2 aliphatic rings. The standard InChI is InChI=1S/C17H28N5O17P3.3H3N/c1-40(26,27)37-12-9(25)17(35-7(3-24)11(12)38-41(28,29)30)36-10-6(2-23)34-16(13(10)39-42(31,32)33)22-5-21-8-14(18)19-4-20-15(8)22;;;/h4-7,9-13,16-17,23-25H,2-3H2,1H3,(H,26,27)(H2,18,19,20)(H2,28,29,30)(H2,31,32,33);3*1H3/t6-,7-,9-,10-,11-,12-,13-,16-,17-;;;/m1.../s1. The Labute approximate surface area is 253 Å². The van der Waals surface area contributed by atoms with Gasteiger partial charge in [-0.1, -0.05) is 0 Å². The number of fused-ring (bicyclic) bond motifs is 1. The van der Waals surface area contributed by atoms with Crippen LogP contribution in [-0.4, -0.2) is 128 Å². The summed E-state index contributed by atoms with van der Waals surface area (Å²) in [6.45, 7) is -1.21. The molecule has 0 spiro atoms. The molecule has 10 atom stereocenters. The fourth-order valence-electron chi connectivity index (χ4n) is 4.51. The average Bonchev–Trinajstić information content (AvgIpc) is 3.42. The molecule has 0 amide bonds. The molecule has 0 saturated carbocycles. The fourth-order valence-corrected chi connectivity index (χ4v) is 6.32. The van der Waals surface area contributed by atoms with Crippen LogP contribution in [0.5, 0.6) is 0 Å². The molecule has 0 aliphatic carbocycles. The molecule has 2 fully saturated rings. The van der Waals surface area contributed by atoms with Gasteiger partial charge in [-0.2, -0.15) is 0 Å². The number of phosphoric acid groups is 2. The van der Waals surface area contributed by atoms with Gasteiger partial charge in [-0.05, 0) is 0 Å². The molecule has 262 valence electrons. The van der Waals surface area contributed by atoms with Crippen LogP contribution in [0, 0.1) is 0 Å². The van der Waals surface area contributed by atoms with Crippen molar-refractivity contribution in [1.82, 2.24) is 38.0 Å². The van der Waals surface area contributed by atoms with Crippen LogP contribution in [0.3, 0.4) is 0 Å². The summed E-state index contributed by atoms with van der Waals surface area (Å²) in [6.07, 6.45) is -14.3. The molecule has 28 heteroatoms. The van der Waals surface area contributed by atoms with Gasteiger partial charge < -0.3 is 78.2 Å². The number of aliphatic hydroxyl groups is 3. The average molecular weight is 718 g/mol. The first-order valence-electron chi connectivity index (χ1n) is 11.7. The van der Waals surface area contributed by atoms with Crippen molar-refractivity contribution in [2.24, 2.45) is 0 Å². The van der Waals surface area contributed by atoms with Gasteiger partial charge in [0, 0.05) is 6.66 Å². The Morgan fingerprint density at radius 3 is 1.93 bits per heavy atom. The summed E-state index contributed by atoms with van der Waals surface area (Å²) in [7, 11) is -15.2. The van der Waals surface area contributed by atoms with E-state index in [1.807, 2.05) is 0 Å². The van der Waals surface area contributed by atoms with E-state index in [4.69, 9.17) is 29.0 Å². The zero-order valence-electron chi connectivity index (χ0n) is 23.3. The lowest BCUT2D eigenvalue weighted by molar-refractivity contribution is -0.312. The number of nitrogens with two attached hydrogens (primary N) is 1. The third kappa shape index (κ3) is 9.70. The van der Waals surface area contributed by atoms with Gasteiger partial charge >= 0.3 is 23.2 Å². The van der Waals surface area contributed by atoms with Crippen LogP contribution in [0.25, 0.3) is 11.2 Å². The van der Waals surface area contributed by atoms with Crippen LogP contribution in [0.2, 0.25) is 0 Å². The highest BCUT2D eigenvalue weighted by Crippen LogP contribution is 2.49. The maximum absolute atomic E-state index is 12.0. The number of aromatic nitrogens is 4. The predicted molar refractivity (Wildman–Crippen MR) is 147 cm³/mol. The van der Waals surface area contributed by atoms with Crippen molar-refractivity contribution in [1.29, 1.82) is 0 Å². The van der Waals surface area contributed by atoms with E-state index in [0.29, 0.717) is 6.66 Å². The monoisotopic (exact) mass is 718 g/mol. The minimum Gasteiger partial charge on any atom is -0.394 e. The largest absolute Gasteiger partial charge is 0.470 e. The highest BCUT2D eigenvalue weighted by atomic mass is 31.2. The van der Waals surface area contributed by atoms with E-state index in [2.05, 4.69) is 19.5 Å². The van der Waals surface area contributed by atoms with Gasteiger partial charge in [0.2, 0.25) is 0 Å². The van der Waals surface area contributed by atoms with Gasteiger partial charge in [-0.3, -0.25) is 22.7 Å². The molecule has 19 N–H and O–H groups in total. The van der Waals surface area contributed by atoms with E-state index >= 15 is 0 Å². The number of anilines is 1. The highest BCUT2D eigenvalue weighted by molar-refractivity contribution is 7.51. The molecule has 4 heterocycles. The lowest BCUT2D eigenvalue weighted by Crippen LogP contribution is -2.61. The van der Waals surface area contributed by atoms with Crippen molar-refractivity contribution >= 4 is 40.2 Å². The molecule has 0 radical (unpaired) electrons. The Hall–Kier alpha value is -1.64. The van der Waals surface area contributed by atoms with Crippen LogP contribution in [0.1, 0.15) is 6.23 Å². The normalized spacial score (nSPS) is 31.8. The minimum atomic E-state index is -5.35. The number of rotatable bonds is 11. The Balaban J connectivity index is 0.00000337. The molecular formula is C17H37N8O17P3. The number of imidazole rings is 1. The van der Waals surface area contributed by atoms with E-state index in [0.717, 1.165) is 17.2 Å². The molecule has 1 unspecified atom stereocenters. The molecule has 0 aromatic carbocycles. The Bertz CT molecular complexity index is 1400. The third-order valence-corrected chi connectivity index (χ3v) is 7.72. The number of phosphoric ester groups is 2. The molecule has 2 aliphatic heterocycles. The third-order valence-electron chi connectivity index (χ3n) is 6.05. The quantitative estimate of drug-likeness (QED) is 0.106. The summed E-state index contributed by atoms with van der Waals surface area (Å²) in [6, 6.07) is 0. The first-order valence-corrected chi connectivity index (χ1v) is 16.8. The Kier molecular flexibility index (Phi) is 14.3. The van der Waals surface area contributed by atoms with Crippen molar-refractivity contribution in [3.05, 3.63) is 12.7 Å². The number of aliphatic hydroxyl groups excluding tert-OH is 3. The fraction of sp³-hybridized carbons (Fsp3) is 0.706. The molecule has 25 nitrogen and oxygen atoms in total. The number of hydrogen-bond donors (Lipinski definition) is 12. The number of nitrogens with zero attached hydrogens (tertiary/aromatic N) is 4. The second kappa shape index (κ2) is 15.5. The molecule has 2 aromatic rings. The van der Waals surface area contributed by atoms with Crippen molar-refractivity contribution in [2.45, 2.75) is 55.2 Å². The molecule has 0 bridgehead atoms. The maximum Gasteiger partial charge on any atom is 0.470 e. The summed E-state index contributed by atoms with van der Waals surface area (Å²) < 4.78 is 68.0. The summed E-state index contributed by atoms with van der Waals surface area (Å²) in [5, 5.41) is 30.8. The van der Waals surface area contributed by atoms with Gasteiger partial charge in [-0.25, -0.2) is 24.1 Å². The van der Waals surface area contributed by atoms with E-state index in [-0.39, 0.29) is 35.4 Å². The van der Waals surface area contributed by atoms with Gasteiger partial charge in [0.15, 0.2) is 24.0 Å². The SMILES string of the molecule is CP(=O)(O)O[C@@H]1[C@@H](O)[C@@H](O[C@H]2[C@@H](OP(=O)(O)O)[C@H](n3cnc4c(N)ncnc43)O[C@@H]2CO)O[C@H](CO)[C@H]1OP(=O)(O)O.N.N.N. The highest BCUT2D eigenvalue weighted by Gasteiger charge is 2.56. The molecule has 4 rings (SSSR count). The Morgan fingerprint density at radius 2 is 1.40 bits per heavy atom. The first-order chi connectivity index (χ1) is 19.4. The van der Waals surface area contributed by atoms with E-state index in [1.165, 1.54) is 0 Å².